The van der Waals surface area contributed by atoms with E-state index < -0.39 is 17.2 Å². The van der Waals surface area contributed by atoms with Crippen molar-refractivity contribution in [1.82, 2.24) is 39.0 Å². The number of fused-ring (bicyclic) bond motifs is 2. The Labute approximate surface area is 183 Å². The minimum atomic E-state index is -1.26. The van der Waals surface area contributed by atoms with Crippen LogP contribution in [-0.4, -0.2) is 50.1 Å². The molecular formula is C20H16N8O5. The van der Waals surface area contributed by atoms with Gasteiger partial charge in [-0.1, -0.05) is 12.1 Å². The summed E-state index contributed by atoms with van der Waals surface area (Å²) in [7, 11) is 0. The third-order valence-corrected chi connectivity index (χ3v) is 4.77. The lowest BCUT2D eigenvalue weighted by Crippen LogP contribution is -2.27. The first-order chi connectivity index (χ1) is 15.8. The van der Waals surface area contributed by atoms with Gasteiger partial charge in [0.15, 0.2) is 5.69 Å². The molecule has 2 N–H and O–H groups in total. The number of nitrogens with one attached hydrogen (secondary N) is 1. The Kier molecular flexibility index (Phi) is 5.36. The maximum absolute atomic E-state index is 12.2. The zero-order valence-electron chi connectivity index (χ0n) is 17.3. The van der Waals surface area contributed by atoms with Gasteiger partial charge in [-0.2, -0.15) is 4.68 Å². The Morgan fingerprint density at radius 2 is 1.48 bits per heavy atom. The maximum atomic E-state index is 12.2. The molecule has 0 aromatic carbocycles. The summed E-state index contributed by atoms with van der Waals surface area (Å²) in [5.41, 5.74) is 0.933. The van der Waals surface area contributed by atoms with Crippen LogP contribution in [-0.2, 0) is 0 Å². The minimum Gasteiger partial charge on any atom is -0.477 e. The molecule has 0 unspecified atom stereocenters. The second kappa shape index (κ2) is 8.30. The predicted octanol–water partition coefficient (Wildman–Crippen LogP) is -0.0270. The van der Waals surface area contributed by atoms with Crippen LogP contribution >= 0.6 is 0 Å². The van der Waals surface area contributed by atoms with Crippen molar-refractivity contribution in [2.75, 3.05) is 0 Å². The number of hydrogen-bond donors (Lipinski definition) is 2. The molecule has 0 saturated carbocycles. The highest BCUT2D eigenvalue weighted by Crippen LogP contribution is 2.06. The summed E-state index contributed by atoms with van der Waals surface area (Å²) >= 11 is 0. The van der Waals surface area contributed by atoms with Crippen LogP contribution in [0.2, 0.25) is 0 Å². The fraction of sp³-hybridized carbons (Fsp3) is 0.100. The molecule has 5 aromatic heterocycles. The molecule has 0 atom stereocenters. The molecule has 0 bridgehead atoms. The van der Waals surface area contributed by atoms with Gasteiger partial charge >= 0.3 is 11.7 Å². The SMILES string of the molecule is Cc1cccn2c(=O)c(-n3nn[nH]c3=O)cnc12.Cc1cccn2c(=O)c(C(=O)O)cnc12. The molecule has 5 rings (SSSR count). The van der Waals surface area contributed by atoms with E-state index in [1.54, 1.807) is 18.3 Å². The molecule has 13 heteroatoms. The number of H-pyrrole nitrogens is 1. The van der Waals surface area contributed by atoms with Crippen molar-refractivity contribution < 1.29 is 9.90 Å². The van der Waals surface area contributed by atoms with Crippen LogP contribution in [0.4, 0.5) is 0 Å². The smallest absolute Gasteiger partial charge is 0.366 e. The van der Waals surface area contributed by atoms with Gasteiger partial charge in [-0.15, -0.1) is 0 Å². The number of aromatic carboxylic acids is 1. The van der Waals surface area contributed by atoms with Crippen LogP contribution in [0.5, 0.6) is 0 Å². The lowest BCUT2D eigenvalue weighted by atomic mass is 10.2. The van der Waals surface area contributed by atoms with E-state index in [9.17, 15) is 19.2 Å². The van der Waals surface area contributed by atoms with Gasteiger partial charge in [0.1, 0.15) is 16.9 Å². The molecule has 5 heterocycles. The number of pyridine rings is 2. The van der Waals surface area contributed by atoms with Crippen molar-refractivity contribution in [1.29, 1.82) is 0 Å². The molecule has 0 radical (unpaired) electrons. The summed E-state index contributed by atoms with van der Waals surface area (Å²) in [6.45, 7) is 3.66. The van der Waals surface area contributed by atoms with Crippen LogP contribution < -0.4 is 16.8 Å². The van der Waals surface area contributed by atoms with E-state index in [1.165, 1.54) is 21.2 Å². The summed E-state index contributed by atoms with van der Waals surface area (Å²) in [5, 5.41) is 17.7. The first-order valence-corrected chi connectivity index (χ1v) is 9.47. The number of aromatic nitrogens is 8. The third kappa shape index (κ3) is 3.78. The van der Waals surface area contributed by atoms with Crippen LogP contribution in [0.15, 0.2) is 63.4 Å². The van der Waals surface area contributed by atoms with E-state index >= 15 is 0 Å². The highest BCUT2D eigenvalue weighted by atomic mass is 16.4. The van der Waals surface area contributed by atoms with Crippen LogP contribution in [0.1, 0.15) is 21.5 Å². The summed E-state index contributed by atoms with van der Waals surface area (Å²) in [6.07, 6.45) is 5.50. The summed E-state index contributed by atoms with van der Waals surface area (Å²) < 4.78 is 3.48. The zero-order valence-corrected chi connectivity index (χ0v) is 17.3. The fourth-order valence-electron chi connectivity index (χ4n) is 3.13. The number of rotatable bonds is 2. The maximum Gasteiger partial charge on any atom is 0.366 e. The minimum absolute atomic E-state index is 0.0526. The first kappa shape index (κ1) is 21.3. The van der Waals surface area contributed by atoms with Gasteiger partial charge in [0.05, 0.1) is 6.20 Å². The van der Waals surface area contributed by atoms with Gasteiger partial charge in [0, 0.05) is 18.6 Å². The standard InChI is InChI=1S/C10H8N6O2.C10H8N2O3/c1-6-3-2-4-15-8(6)11-5-7(9(15)17)16-10(18)12-13-14-16;1-6-3-2-4-12-8(6)11-5-7(9(12)13)10(14)15/h2-5H,1H3,(H,12,14,18);2-5H,1H3,(H,14,15). The van der Waals surface area contributed by atoms with Crippen LogP contribution in [0, 0.1) is 13.8 Å². The lowest BCUT2D eigenvalue weighted by Gasteiger charge is -2.04. The van der Waals surface area contributed by atoms with Crippen molar-refractivity contribution >= 4 is 17.3 Å². The average molecular weight is 448 g/mol. The summed E-state index contributed by atoms with van der Waals surface area (Å²) in [6, 6.07) is 7.07. The summed E-state index contributed by atoms with van der Waals surface area (Å²) in [4.78, 5) is 54.1. The van der Waals surface area contributed by atoms with Crippen LogP contribution in [0.3, 0.4) is 0 Å². The van der Waals surface area contributed by atoms with E-state index in [-0.39, 0.29) is 16.8 Å². The Morgan fingerprint density at radius 1 is 0.909 bits per heavy atom. The topological polar surface area (TPSA) is 170 Å². The monoisotopic (exact) mass is 448 g/mol. The molecule has 0 fully saturated rings. The van der Waals surface area contributed by atoms with Crippen molar-refractivity contribution in [2.45, 2.75) is 13.8 Å². The largest absolute Gasteiger partial charge is 0.477 e. The Balaban J connectivity index is 0.000000160. The number of carboxylic acids is 1. The molecule has 33 heavy (non-hydrogen) atoms. The van der Waals surface area contributed by atoms with E-state index in [4.69, 9.17) is 5.11 Å². The molecule has 0 aliphatic heterocycles. The second-order valence-electron chi connectivity index (χ2n) is 6.92. The first-order valence-electron chi connectivity index (χ1n) is 9.47. The number of carbonyl (C=O) groups is 1. The number of hydrogen-bond acceptors (Lipinski definition) is 8. The molecule has 0 aliphatic carbocycles. The van der Waals surface area contributed by atoms with Gasteiger partial charge in [0.25, 0.3) is 11.1 Å². The van der Waals surface area contributed by atoms with Gasteiger partial charge in [-0.05, 0) is 47.5 Å². The molecule has 0 aliphatic rings. The normalized spacial score (nSPS) is 10.7. The number of aromatic amines is 1. The van der Waals surface area contributed by atoms with E-state index in [1.807, 2.05) is 26.0 Å². The van der Waals surface area contributed by atoms with E-state index in [0.717, 1.165) is 22.0 Å². The molecule has 166 valence electrons. The lowest BCUT2D eigenvalue weighted by molar-refractivity contribution is 0.0694. The quantitative estimate of drug-likeness (QED) is 0.376. The summed E-state index contributed by atoms with van der Waals surface area (Å²) in [5.74, 6) is -1.26. The highest BCUT2D eigenvalue weighted by molar-refractivity contribution is 5.87. The van der Waals surface area contributed by atoms with Gasteiger partial charge in [-0.3, -0.25) is 18.4 Å². The highest BCUT2D eigenvalue weighted by Gasteiger charge is 2.12. The third-order valence-electron chi connectivity index (χ3n) is 4.77. The molecule has 13 nitrogen and oxygen atoms in total. The average Bonchev–Trinajstić information content (AvgIpc) is 3.21. The molecule has 0 amide bonds. The van der Waals surface area contributed by atoms with Crippen molar-refractivity contribution in [3.8, 4) is 5.69 Å². The number of carboxylic acid groups (broad SMARTS) is 1. The Hall–Kier alpha value is -4.94. The Bertz CT molecular complexity index is 1700. The van der Waals surface area contributed by atoms with Crippen molar-refractivity contribution in [3.63, 3.8) is 0 Å². The van der Waals surface area contributed by atoms with Crippen molar-refractivity contribution in [3.05, 3.63) is 96.9 Å². The van der Waals surface area contributed by atoms with Gasteiger partial charge < -0.3 is 5.11 Å². The molecule has 0 spiro atoms. The number of aryl methyl sites for hydroxylation is 2. The Morgan fingerprint density at radius 3 is 2.03 bits per heavy atom. The van der Waals surface area contributed by atoms with Crippen molar-refractivity contribution in [2.24, 2.45) is 0 Å². The van der Waals surface area contributed by atoms with E-state index in [0.29, 0.717) is 11.3 Å². The fourth-order valence-corrected chi connectivity index (χ4v) is 3.13. The number of tetrazole rings is 1. The van der Waals surface area contributed by atoms with Gasteiger partial charge in [-0.25, -0.2) is 24.7 Å². The van der Waals surface area contributed by atoms with E-state index in [2.05, 4.69) is 25.5 Å². The number of nitrogens with zero attached hydrogens (tertiary/aromatic N) is 7. The molecule has 5 aromatic rings. The van der Waals surface area contributed by atoms with Gasteiger partial charge in [0.2, 0.25) is 0 Å². The zero-order chi connectivity index (χ0) is 23.7. The predicted molar refractivity (Wildman–Crippen MR) is 115 cm³/mol. The second-order valence-corrected chi connectivity index (χ2v) is 6.92. The molecular weight excluding hydrogens is 432 g/mol. The van der Waals surface area contributed by atoms with Crippen LogP contribution in [0.25, 0.3) is 17.0 Å². The molecule has 0 saturated heterocycles.